The van der Waals surface area contributed by atoms with Gasteiger partial charge in [-0.1, -0.05) is 5.16 Å². The van der Waals surface area contributed by atoms with E-state index in [2.05, 4.69) is 20.7 Å². The zero-order chi connectivity index (χ0) is 21.7. The van der Waals surface area contributed by atoms with E-state index in [4.69, 9.17) is 15.5 Å². The summed E-state index contributed by atoms with van der Waals surface area (Å²) in [6, 6.07) is 4.80. The number of hydrogen-bond acceptors (Lipinski definition) is 8. The van der Waals surface area contributed by atoms with E-state index in [1.165, 1.54) is 0 Å². The summed E-state index contributed by atoms with van der Waals surface area (Å²) in [6.45, 7) is 6.00. The first kappa shape index (κ1) is 21.7. The van der Waals surface area contributed by atoms with Crippen molar-refractivity contribution in [3.8, 4) is 5.40 Å². The molecule has 1 saturated heterocycles. The van der Waals surface area contributed by atoms with E-state index in [0.29, 0.717) is 10.6 Å². The maximum atomic E-state index is 12.4. The Morgan fingerprint density at radius 2 is 2.23 bits per heavy atom. The van der Waals surface area contributed by atoms with Gasteiger partial charge in [0.15, 0.2) is 0 Å². The first-order valence-electron chi connectivity index (χ1n) is 9.54. The summed E-state index contributed by atoms with van der Waals surface area (Å²) >= 11 is 0.940. The monoisotopic (exact) mass is 428 g/mol. The lowest BCUT2D eigenvalue weighted by atomic mass is 10.1. The number of carbonyl (C=O) groups is 2. The Morgan fingerprint density at radius 1 is 1.43 bits per heavy atom. The maximum absolute atomic E-state index is 12.4. The molecule has 2 aromatic rings. The first-order valence-corrected chi connectivity index (χ1v) is 10.4. The number of anilines is 1. The lowest BCUT2D eigenvalue weighted by molar-refractivity contribution is -0.120. The van der Waals surface area contributed by atoms with Crippen molar-refractivity contribution in [1.29, 1.82) is 5.26 Å². The highest BCUT2D eigenvalue weighted by molar-refractivity contribution is 8.03. The van der Waals surface area contributed by atoms with Crippen LogP contribution in [0.4, 0.5) is 5.69 Å². The summed E-state index contributed by atoms with van der Waals surface area (Å²) < 4.78 is 5.20. The Hall–Kier alpha value is -3.03. The highest BCUT2D eigenvalue weighted by Gasteiger charge is 2.25. The first-order chi connectivity index (χ1) is 14.4. The summed E-state index contributed by atoms with van der Waals surface area (Å²) in [5.74, 6) is 0.113. The highest BCUT2D eigenvalue weighted by Crippen LogP contribution is 2.22. The molecule has 0 spiro atoms. The molecular weight excluding hydrogens is 404 g/mol. The van der Waals surface area contributed by atoms with Crippen LogP contribution < -0.4 is 16.4 Å². The number of nitrogen functional groups attached to an aromatic ring is 1. The van der Waals surface area contributed by atoms with Crippen molar-refractivity contribution >= 4 is 29.3 Å². The molecule has 0 bridgehead atoms. The number of nitrogens with zero attached hydrogens (tertiary/aromatic N) is 3. The summed E-state index contributed by atoms with van der Waals surface area (Å²) in [6.07, 6.45) is 0.837. The van der Waals surface area contributed by atoms with Crippen LogP contribution in [0, 0.1) is 24.5 Å². The standard InChI is InChI=1S/C20H24N6O3S/c1-12-17(13(2)29-25-12)10-26-6-5-14(9-26)24-19(27)8-23-20(28)16-7-15(30-11-21)3-4-18(16)22/h3-4,7,14H,5-6,8-10,22H2,1-2H3,(H,23,28)(H,24,27)/t14-/m1/s1. The summed E-state index contributed by atoms with van der Waals surface area (Å²) in [5, 5.41) is 20.2. The largest absolute Gasteiger partial charge is 0.398 e. The van der Waals surface area contributed by atoms with Gasteiger partial charge in [-0.15, -0.1) is 0 Å². The molecule has 30 heavy (non-hydrogen) atoms. The molecular formula is C20H24N6O3S. The molecule has 1 aliphatic rings. The van der Waals surface area contributed by atoms with Crippen LogP contribution in [0.2, 0.25) is 0 Å². The van der Waals surface area contributed by atoms with Crippen molar-refractivity contribution < 1.29 is 14.1 Å². The summed E-state index contributed by atoms with van der Waals surface area (Å²) in [7, 11) is 0. The number of amides is 2. The van der Waals surface area contributed by atoms with Gasteiger partial charge in [-0.3, -0.25) is 14.5 Å². The summed E-state index contributed by atoms with van der Waals surface area (Å²) in [5.41, 5.74) is 8.36. The molecule has 0 aliphatic carbocycles. The number of rotatable bonds is 7. The molecule has 9 nitrogen and oxygen atoms in total. The fourth-order valence-corrected chi connectivity index (χ4v) is 3.85. The van der Waals surface area contributed by atoms with E-state index in [0.717, 1.165) is 54.8 Å². The molecule has 10 heteroatoms. The van der Waals surface area contributed by atoms with Crippen LogP contribution in [-0.4, -0.2) is 47.5 Å². The zero-order valence-electron chi connectivity index (χ0n) is 16.9. The number of nitrogens with two attached hydrogens (primary N) is 1. The zero-order valence-corrected chi connectivity index (χ0v) is 17.7. The van der Waals surface area contributed by atoms with Crippen LogP contribution in [-0.2, 0) is 11.3 Å². The number of thioether (sulfide) groups is 1. The minimum Gasteiger partial charge on any atom is -0.398 e. The second kappa shape index (κ2) is 9.65. The van der Waals surface area contributed by atoms with Crippen LogP contribution in [0.3, 0.4) is 0 Å². The van der Waals surface area contributed by atoms with E-state index in [-0.39, 0.29) is 24.1 Å². The molecule has 158 valence electrons. The minimum atomic E-state index is -0.450. The van der Waals surface area contributed by atoms with Gasteiger partial charge in [-0.05, 0) is 50.2 Å². The molecule has 2 amide bonds. The van der Waals surface area contributed by atoms with E-state index in [1.54, 1.807) is 18.2 Å². The van der Waals surface area contributed by atoms with Crippen molar-refractivity contribution in [2.75, 3.05) is 25.4 Å². The van der Waals surface area contributed by atoms with Crippen LogP contribution >= 0.6 is 11.8 Å². The molecule has 3 rings (SSSR count). The number of carbonyl (C=O) groups excluding carboxylic acids is 2. The summed E-state index contributed by atoms with van der Waals surface area (Å²) in [4.78, 5) is 27.5. The minimum absolute atomic E-state index is 0.0234. The predicted octanol–water partition coefficient (Wildman–Crippen LogP) is 1.57. The average Bonchev–Trinajstić information content (AvgIpc) is 3.29. The van der Waals surface area contributed by atoms with Crippen LogP contribution in [0.1, 0.15) is 33.8 Å². The lowest BCUT2D eigenvalue weighted by Gasteiger charge is -2.17. The number of hydrogen-bond donors (Lipinski definition) is 3. The molecule has 1 aliphatic heterocycles. The van der Waals surface area contributed by atoms with Gasteiger partial charge in [0.1, 0.15) is 11.2 Å². The van der Waals surface area contributed by atoms with E-state index in [9.17, 15) is 9.59 Å². The maximum Gasteiger partial charge on any atom is 0.253 e. The third-order valence-corrected chi connectivity index (χ3v) is 5.62. The number of likely N-dealkylation sites (tertiary alicyclic amines) is 1. The molecule has 1 aromatic carbocycles. The predicted molar refractivity (Wildman–Crippen MR) is 112 cm³/mol. The average molecular weight is 429 g/mol. The van der Waals surface area contributed by atoms with Gasteiger partial charge in [-0.25, -0.2) is 0 Å². The van der Waals surface area contributed by atoms with Crippen molar-refractivity contribution in [2.24, 2.45) is 0 Å². The number of nitriles is 1. The number of aromatic nitrogens is 1. The van der Waals surface area contributed by atoms with Crippen molar-refractivity contribution in [1.82, 2.24) is 20.7 Å². The van der Waals surface area contributed by atoms with Gasteiger partial charge in [0, 0.05) is 41.8 Å². The van der Waals surface area contributed by atoms with Gasteiger partial charge in [0.2, 0.25) is 5.91 Å². The van der Waals surface area contributed by atoms with Crippen molar-refractivity contribution in [2.45, 2.75) is 37.8 Å². The van der Waals surface area contributed by atoms with E-state index in [1.807, 2.05) is 19.2 Å². The van der Waals surface area contributed by atoms with Gasteiger partial charge in [-0.2, -0.15) is 5.26 Å². The Bertz CT molecular complexity index is 964. The van der Waals surface area contributed by atoms with Gasteiger partial charge < -0.3 is 20.9 Å². The fraction of sp³-hybridized carbons (Fsp3) is 0.400. The van der Waals surface area contributed by atoms with Crippen molar-refractivity contribution in [3.05, 3.63) is 40.8 Å². The quantitative estimate of drug-likeness (QED) is 0.343. The molecule has 4 N–H and O–H groups in total. The number of nitrogens with one attached hydrogen (secondary N) is 2. The highest BCUT2D eigenvalue weighted by atomic mass is 32.2. The number of benzene rings is 1. The number of aryl methyl sites for hydroxylation is 2. The Kier molecular flexibility index (Phi) is 6.97. The second-order valence-electron chi connectivity index (χ2n) is 7.22. The van der Waals surface area contributed by atoms with Crippen molar-refractivity contribution in [3.63, 3.8) is 0 Å². The molecule has 1 atom stereocenters. The Labute approximate surface area is 179 Å². The SMILES string of the molecule is Cc1noc(C)c1CN1CC[C@@H](NC(=O)CNC(=O)c2cc(SC#N)ccc2N)C1. The third-order valence-electron chi connectivity index (χ3n) is 5.04. The molecule has 1 fully saturated rings. The van der Waals surface area contributed by atoms with E-state index >= 15 is 0 Å². The molecule has 1 aromatic heterocycles. The van der Waals surface area contributed by atoms with Crippen LogP contribution in [0.15, 0.2) is 27.6 Å². The lowest BCUT2D eigenvalue weighted by Crippen LogP contribution is -2.43. The second-order valence-corrected chi connectivity index (χ2v) is 8.07. The van der Waals surface area contributed by atoms with Crippen LogP contribution in [0.25, 0.3) is 0 Å². The fourth-order valence-electron chi connectivity index (χ4n) is 3.43. The number of thiocyanates is 1. The van der Waals surface area contributed by atoms with Gasteiger partial charge >= 0.3 is 0 Å². The Morgan fingerprint density at radius 3 is 2.93 bits per heavy atom. The van der Waals surface area contributed by atoms with Gasteiger partial charge in [0.05, 0.1) is 17.8 Å². The smallest absolute Gasteiger partial charge is 0.253 e. The topological polar surface area (TPSA) is 137 Å². The van der Waals surface area contributed by atoms with Gasteiger partial charge in [0.25, 0.3) is 5.91 Å². The van der Waals surface area contributed by atoms with Crippen LogP contribution in [0.5, 0.6) is 0 Å². The third kappa shape index (κ3) is 5.31. The normalized spacial score (nSPS) is 16.2. The van der Waals surface area contributed by atoms with E-state index < -0.39 is 5.91 Å². The molecule has 0 unspecified atom stereocenters. The molecule has 0 radical (unpaired) electrons. The Balaban J connectivity index is 1.47. The molecule has 0 saturated carbocycles. The molecule has 2 heterocycles.